The predicted octanol–water partition coefficient (Wildman–Crippen LogP) is 6.19. The van der Waals surface area contributed by atoms with Crippen molar-refractivity contribution in [1.29, 1.82) is 0 Å². The van der Waals surface area contributed by atoms with E-state index >= 15 is 0 Å². The highest BCUT2D eigenvalue weighted by atomic mass is 35.5. The van der Waals surface area contributed by atoms with Gasteiger partial charge in [0.2, 0.25) is 11.8 Å². The van der Waals surface area contributed by atoms with Gasteiger partial charge in [0.1, 0.15) is 23.0 Å². The minimum absolute atomic E-state index is 0.0919. The molecule has 2 heterocycles. The van der Waals surface area contributed by atoms with Crippen molar-refractivity contribution in [2.75, 3.05) is 11.9 Å². The highest BCUT2D eigenvalue weighted by Crippen LogP contribution is 2.30. The van der Waals surface area contributed by atoms with E-state index in [-0.39, 0.29) is 28.7 Å². The zero-order valence-corrected chi connectivity index (χ0v) is 22.9. The molecule has 0 aliphatic heterocycles. The number of aromatic amines is 1. The van der Waals surface area contributed by atoms with E-state index in [1.807, 2.05) is 55.5 Å². The first kappa shape index (κ1) is 27.5. The Balaban J connectivity index is 1.28. The Morgan fingerprint density at radius 1 is 1.05 bits per heavy atom. The van der Waals surface area contributed by atoms with Crippen LogP contribution in [0, 0.1) is 0 Å². The average molecular weight is 567 g/mol. The topological polar surface area (TPSA) is 130 Å². The fourth-order valence-electron chi connectivity index (χ4n) is 4.46. The number of phenols is 1. The van der Waals surface area contributed by atoms with Crippen LogP contribution in [-0.2, 0) is 16.0 Å². The maximum Gasteiger partial charge on any atom is 0.249 e. The summed E-state index contributed by atoms with van der Waals surface area (Å²) in [4.78, 5) is 32.5. The molecule has 0 aliphatic rings. The quantitative estimate of drug-likeness (QED) is 0.158. The lowest BCUT2D eigenvalue weighted by Gasteiger charge is -2.08. The van der Waals surface area contributed by atoms with Gasteiger partial charge in [-0.05, 0) is 71.7 Å². The van der Waals surface area contributed by atoms with Gasteiger partial charge in [0.25, 0.3) is 0 Å². The number of nitrogens with two attached hydrogens (primary N) is 1. The number of aromatic nitrogens is 2. The number of rotatable bonds is 9. The minimum atomic E-state index is -0.648. The van der Waals surface area contributed by atoms with Crippen LogP contribution in [0.3, 0.4) is 0 Å². The number of nitrogens with zero attached hydrogens (tertiary/aromatic N) is 1. The van der Waals surface area contributed by atoms with E-state index in [1.54, 1.807) is 30.5 Å². The number of amides is 2. The Morgan fingerprint density at radius 2 is 1.85 bits per heavy atom. The standard InChI is InChI=1S/C32H27ClN4O4/c1-2-41-24-5-3-4-21(15-24)20-8-6-19(7-9-20)14-30(39)36-29-13-11-25-23(18-35-32(25)37-29)16-26(31(34)40)22-10-12-28(38)27(33)17-22/h3-13,15-18,38H,2,14H2,1H3,(H2,34,40)(H2,35,36,37,39). The maximum atomic E-state index is 12.8. The molecule has 9 heteroatoms. The zero-order chi connectivity index (χ0) is 28.9. The van der Waals surface area contributed by atoms with Crippen molar-refractivity contribution < 1.29 is 19.4 Å². The molecular weight excluding hydrogens is 540 g/mol. The molecule has 5 aromatic rings. The second-order valence-electron chi connectivity index (χ2n) is 9.31. The summed E-state index contributed by atoms with van der Waals surface area (Å²) in [6, 6.07) is 23.7. The van der Waals surface area contributed by atoms with Gasteiger partial charge < -0.3 is 25.9 Å². The summed E-state index contributed by atoms with van der Waals surface area (Å²) >= 11 is 6.01. The molecule has 206 valence electrons. The van der Waals surface area contributed by atoms with Crippen LogP contribution < -0.4 is 15.8 Å². The van der Waals surface area contributed by atoms with Crippen molar-refractivity contribution in [2.24, 2.45) is 5.73 Å². The lowest BCUT2D eigenvalue weighted by molar-refractivity contribution is -0.115. The molecule has 0 bridgehead atoms. The third kappa shape index (κ3) is 6.40. The molecule has 3 aromatic carbocycles. The Morgan fingerprint density at radius 3 is 2.59 bits per heavy atom. The zero-order valence-electron chi connectivity index (χ0n) is 22.1. The molecular formula is C32H27ClN4O4. The van der Waals surface area contributed by atoms with E-state index < -0.39 is 5.91 Å². The first-order valence-corrected chi connectivity index (χ1v) is 13.3. The summed E-state index contributed by atoms with van der Waals surface area (Å²) in [5, 5.41) is 13.4. The number of hydrogen-bond acceptors (Lipinski definition) is 5. The molecule has 5 N–H and O–H groups in total. The number of carbonyl (C=O) groups excluding carboxylic acids is 2. The number of nitrogens with one attached hydrogen (secondary N) is 2. The van der Waals surface area contributed by atoms with Crippen LogP contribution in [0.25, 0.3) is 33.8 Å². The second kappa shape index (κ2) is 12.0. The lowest BCUT2D eigenvalue weighted by atomic mass is 10.0. The largest absolute Gasteiger partial charge is 0.506 e. The van der Waals surface area contributed by atoms with Gasteiger partial charge in [-0.2, -0.15) is 0 Å². The van der Waals surface area contributed by atoms with Crippen molar-refractivity contribution >= 4 is 51.9 Å². The van der Waals surface area contributed by atoms with Crippen LogP contribution >= 0.6 is 11.6 Å². The second-order valence-corrected chi connectivity index (χ2v) is 9.72. The molecule has 0 saturated carbocycles. The molecule has 2 amide bonds. The van der Waals surface area contributed by atoms with Crippen molar-refractivity contribution in [3.8, 4) is 22.6 Å². The number of pyridine rings is 1. The van der Waals surface area contributed by atoms with Crippen molar-refractivity contribution in [3.05, 3.63) is 107 Å². The number of anilines is 1. The SMILES string of the molecule is CCOc1cccc(-c2ccc(CC(=O)Nc3ccc4c(C=C(C(N)=O)c5ccc(O)c(Cl)c5)c[nH]c4n3)cc2)c1. The van der Waals surface area contributed by atoms with Crippen molar-refractivity contribution in [3.63, 3.8) is 0 Å². The van der Waals surface area contributed by atoms with Gasteiger partial charge in [-0.1, -0.05) is 54.1 Å². The Labute approximate surface area is 241 Å². The predicted molar refractivity (Wildman–Crippen MR) is 162 cm³/mol. The van der Waals surface area contributed by atoms with Gasteiger partial charge in [0, 0.05) is 22.7 Å². The maximum absolute atomic E-state index is 12.8. The van der Waals surface area contributed by atoms with E-state index in [4.69, 9.17) is 22.1 Å². The number of benzene rings is 3. The third-order valence-corrected chi connectivity index (χ3v) is 6.76. The number of primary amides is 1. The summed E-state index contributed by atoms with van der Waals surface area (Å²) in [5.74, 6) is 0.272. The molecule has 0 radical (unpaired) electrons. The van der Waals surface area contributed by atoms with Crippen molar-refractivity contribution in [2.45, 2.75) is 13.3 Å². The number of carbonyl (C=O) groups is 2. The smallest absolute Gasteiger partial charge is 0.249 e. The number of halogens is 1. The lowest BCUT2D eigenvalue weighted by Crippen LogP contribution is -2.15. The number of H-pyrrole nitrogens is 1. The van der Waals surface area contributed by atoms with Gasteiger partial charge in [-0.15, -0.1) is 0 Å². The molecule has 0 aliphatic carbocycles. The van der Waals surface area contributed by atoms with E-state index in [0.29, 0.717) is 29.2 Å². The highest BCUT2D eigenvalue weighted by Gasteiger charge is 2.14. The molecule has 8 nitrogen and oxygen atoms in total. The summed E-state index contributed by atoms with van der Waals surface area (Å²) in [6.07, 6.45) is 3.51. The molecule has 5 rings (SSSR count). The normalized spacial score (nSPS) is 11.4. The van der Waals surface area contributed by atoms with Gasteiger partial charge in [-0.25, -0.2) is 4.98 Å². The number of ether oxygens (including phenoxy) is 1. The van der Waals surface area contributed by atoms with Crippen LogP contribution in [0.2, 0.25) is 5.02 Å². The minimum Gasteiger partial charge on any atom is -0.506 e. The Kier molecular flexibility index (Phi) is 8.03. The number of fused-ring (bicyclic) bond motifs is 1. The van der Waals surface area contributed by atoms with Crippen LogP contribution in [0.1, 0.15) is 23.6 Å². The first-order chi connectivity index (χ1) is 19.8. The summed E-state index contributed by atoms with van der Waals surface area (Å²) in [5.41, 5.74) is 10.5. The number of phenolic OH excluding ortho intramolecular Hbond substituents is 1. The fourth-order valence-corrected chi connectivity index (χ4v) is 4.64. The van der Waals surface area contributed by atoms with Gasteiger partial charge in [0.15, 0.2) is 0 Å². The molecule has 0 fully saturated rings. The van der Waals surface area contributed by atoms with Gasteiger partial charge >= 0.3 is 0 Å². The molecule has 2 aromatic heterocycles. The van der Waals surface area contributed by atoms with Crippen LogP contribution in [0.15, 0.2) is 85.1 Å². The average Bonchev–Trinajstić information content (AvgIpc) is 3.35. The first-order valence-electron chi connectivity index (χ1n) is 12.9. The van der Waals surface area contributed by atoms with E-state index in [1.165, 1.54) is 12.1 Å². The summed E-state index contributed by atoms with van der Waals surface area (Å²) in [6.45, 7) is 2.56. The van der Waals surface area contributed by atoms with Crippen LogP contribution in [-0.4, -0.2) is 33.5 Å². The molecule has 0 spiro atoms. The monoisotopic (exact) mass is 566 g/mol. The Hall–Kier alpha value is -5.08. The fraction of sp³-hybridized carbons (Fsp3) is 0.0938. The van der Waals surface area contributed by atoms with Crippen molar-refractivity contribution in [1.82, 2.24) is 9.97 Å². The molecule has 41 heavy (non-hydrogen) atoms. The third-order valence-electron chi connectivity index (χ3n) is 6.46. The molecule has 0 unspecified atom stereocenters. The molecule has 0 saturated heterocycles. The molecule has 0 atom stereocenters. The van der Waals surface area contributed by atoms with Crippen LogP contribution in [0.4, 0.5) is 5.82 Å². The summed E-state index contributed by atoms with van der Waals surface area (Å²) < 4.78 is 5.59. The number of aromatic hydroxyl groups is 1. The van der Waals surface area contributed by atoms with E-state index in [0.717, 1.165) is 27.8 Å². The number of hydrogen-bond donors (Lipinski definition) is 4. The Bertz CT molecular complexity index is 1780. The van der Waals surface area contributed by atoms with Gasteiger partial charge in [-0.3, -0.25) is 9.59 Å². The highest BCUT2D eigenvalue weighted by molar-refractivity contribution is 6.33. The van der Waals surface area contributed by atoms with E-state index in [9.17, 15) is 14.7 Å². The summed E-state index contributed by atoms with van der Waals surface area (Å²) in [7, 11) is 0. The van der Waals surface area contributed by atoms with Gasteiger partial charge in [0.05, 0.1) is 18.1 Å². The van der Waals surface area contributed by atoms with Crippen LogP contribution in [0.5, 0.6) is 11.5 Å². The van der Waals surface area contributed by atoms with E-state index in [2.05, 4.69) is 15.3 Å².